The number of amides is 1. The number of carbonyl (C=O) groups is 1. The number of aryl methyl sites for hydroxylation is 2. The Morgan fingerprint density at radius 2 is 1.97 bits per heavy atom. The number of aromatic amines is 1. The minimum atomic E-state index is 0.280. The van der Waals surface area contributed by atoms with Crippen LogP contribution in [0.5, 0.6) is 0 Å². The van der Waals surface area contributed by atoms with Crippen LogP contribution in [-0.2, 0) is 17.8 Å². The number of nitrogens with zero attached hydrogens (tertiary/aromatic N) is 3. The lowest BCUT2D eigenvalue weighted by Crippen LogP contribution is -2.34. The molecule has 0 bridgehead atoms. The van der Waals surface area contributed by atoms with E-state index in [1.165, 1.54) is 27.7 Å². The minimum Gasteiger partial charge on any atom is -0.345 e. The first-order valence-corrected chi connectivity index (χ1v) is 11.5. The molecule has 0 saturated carbocycles. The van der Waals surface area contributed by atoms with Gasteiger partial charge in [0.2, 0.25) is 5.91 Å². The maximum Gasteiger partial charge on any atom is 0.223 e. The van der Waals surface area contributed by atoms with Gasteiger partial charge < -0.3 is 9.47 Å². The second-order valence-corrected chi connectivity index (χ2v) is 9.14. The summed E-state index contributed by atoms with van der Waals surface area (Å²) in [4.78, 5) is 15.0. The molecule has 1 fully saturated rings. The molecule has 2 aromatic heterocycles. The van der Waals surface area contributed by atoms with Crippen LogP contribution in [0.15, 0.2) is 67.0 Å². The highest BCUT2D eigenvalue weighted by Gasteiger charge is 2.32. The molecule has 4 aromatic rings. The predicted molar refractivity (Wildman–Crippen MR) is 128 cm³/mol. The fourth-order valence-electron chi connectivity index (χ4n) is 5.16. The minimum absolute atomic E-state index is 0.280. The second-order valence-electron chi connectivity index (χ2n) is 9.14. The van der Waals surface area contributed by atoms with E-state index in [1.807, 2.05) is 30.6 Å². The van der Waals surface area contributed by atoms with E-state index in [-0.39, 0.29) is 5.91 Å². The molecule has 164 valence electrons. The summed E-state index contributed by atoms with van der Waals surface area (Å²) in [6, 6.07) is 19.5. The highest BCUT2D eigenvalue weighted by molar-refractivity contribution is 5.86. The summed E-state index contributed by atoms with van der Waals surface area (Å²) in [6.07, 6.45) is 6.24. The molecule has 5 rings (SSSR count). The molecular weight excluding hydrogens is 396 g/mol. The number of carbonyl (C=O) groups excluding carboxylic acids is 1. The number of H-pyrrole nitrogens is 1. The summed E-state index contributed by atoms with van der Waals surface area (Å²) in [7, 11) is 0. The summed E-state index contributed by atoms with van der Waals surface area (Å²) in [5.41, 5.74) is 6.04. The monoisotopic (exact) mass is 426 g/mol. The molecule has 1 saturated heterocycles. The third kappa shape index (κ3) is 4.07. The molecule has 0 unspecified atom stereocenters. The fraction of sp³-hybridized carbons (Fsp3) is 0.333. The van der Waals surface area contributed by atoms with Crippen LogP contribution >= 0.6 is 0 Å². The van der Waals surface area contributed by atoms with E-state index in [0.29, 0.717) is 18.4 Å². The maximum atomic E-state index is 12.9. The molecule has 1 amide bonds. The summed E-state index contributed by atoms with van der Waals surface area (Å²) in [5.74, 6) is 0.760. The molecule has 0 aliphatic carbocycles. The van der Waals surface area contributed by atoms with Gasteiger partial charge in [-0.05, 0) is 61.9 Å². The highest BCUT2D eigenvalue weighted by Crippen LogP contribution is 2.30. The molecule has 1 aliphatic rings. The van der Waals surface area contributed by atoms with Crippen molar-refractivity contribution < 1.29 is 4.79 Å². The van der Waals surface area contributed by atoms with Crippen LogP contribution in [0.4, 0.5) is 0 Å². The first kappa shape index (κ1) is 20.6. The molecule has 1 N–H and O–H groups in total. The number of benzene rings is 2. The van der Waals surface area contributed by atoms with E-state index in [0.717, 1.165) is 31.5 Å². The van der Waals surface area contributed by atoms with E-state index in [1.54, 1.807) is 0 Å². The van der Waals surface area contributed by atoms with Crippen molar-refractivity contribution in [2.24, 2.45) is 5.92 Å². The van der Waals surface area contributed by atoms with Gasteiger partial charge in [0.15, 0.2) is 0 Å². The molecule has 2 aromatic carbocycles. The third-order valence-electron chi connectivity index (χ3n) is 6.83. The number of likely N-dealkylation sites (tertiary alicyclic amines) is 1. The van der Waals surface area contributed by atoms with E-state index in [4.69, 9.17) is 0 Å². The number of aromatic nitrogens is 3. The number of hydrogen-bond donors (Lipinski definition) is 1. The van der Waals surface area contributed by atoms with Crippen molar-refractivity contribution in [2.45, 2.75) is 45.7 Å². The zero-order valence-corrected chi connectivity index (χ0v) is 18.8. The van der Waals surface area contributed by atoms with Crippen molar-refractivity contribution in [2.75, 3.05) is 6.54 Å². The Hall–Kier alpha value is -3.34. The molecule has 0 spiro atoms. The largest absolute Gasteiger partial charge is 0.345 e. The predicted octanol–water partition coefficient (Wildman–Crippen LogP) is 5.21. The van der Waals surface area contributed by atoms with E-state index in [2.05, 4.69) is 69.9 Å². The van der Waals surface area contributed by atoms with Gasteiger partial charge in [0.25, 0.3) is 0 Å². The Labute approximate surface area is 189 Å². The Bertz CT molecular complexity index is 1210. The SMILES string of the molecule is Cc1cc2cc(-c3cn[nH]c3)ccc2n1C[C@@H]1C[C@H](C)N(C(=O)CCc2ccccc2)C1. The smallest absolute Gasteiger partial charge is 0.223 e. The van der Waals surface area contributed by atoms with Crippen molar-refractivity contribution >= 4 is 16.8 Å². The average Bonchev–Trinajstić information content (AvgIpc) is 3.53. The van der Waals surface area contributed by atoms with Gasteiger partial charge in [-0.2, -0.15) is 5.10 Å². The Morgan fingerprint density at radius 3 is 2.75 bits per heavy atom. The average molecular weight is 427 g/mol. The van der Waals surface area contributed by atoms with Gasteiger partial charge in [0.1, 0.15) is 0 Å². The number of fused-ring (bicyclic) bond motifs is 1. The number of rotatable bonds is 6. The van der Waals surface area contributed by atoms with Gasteiger partial charge >= 0.3 is 0 Å². The van der Waals surface area contributed by atoms with Gasteiger partial charge in [-0.3, -0.25) is 9.89 Å². The molecule has 1 aliphatic heterocycles. The molecule has 0 radical (unpaired) electrons. The number of nitrogens with one attached hydrogen (secondary N) is 1. The summed E-state index contributed by atoms with van der Waals surface area (Å²) >= 11 is 0. The van der Waals surface area contributed by atoms with Crippen molar-refractivity contribution in [3.8, 4) is 11.1 Å². The van der Waals surface area contributed by atoms with Crippen molar-refractivity contribution in [1.29, 1.82) is 0 Å². The first-order valence-electron chi connectivity index (χ1n) is 11.5. The van der Waals surface area contributed by atoms with Crippen LogP contribution in [0.3, 0.4) is 0 Å². The Morgan fingerprint density at radius 1 is 1.12 bits per heavy atom. The molecule has 5 nitrogen and oxygen atoms in total. The highest BCUT2D eigenvalue weighted by atomic mass is 16.2. The zero-order chi connectivity index (χ0) is 22.1. The second kappa shape index (κ2) is 8.65. The Kier molecular flexibility index (Phi) is 5.56. The topological polar surface area (TPSA) is 53.9 Å². The molecule has 2 atom stereocenters. The van der Waals surface area contributed by atoms with E-state index in [9.17, 15) is 4.79 Å². The van der Waals surface area contributed by atoms with Crippen LogP contribution in [0, 0.1) is 12.8 Å². The normalized spacial score (nSPS) is 18.5. The first-order chi connectivity index (χ1) is 15.6. The van der Waals surface area contributed by atoms with Crippen LogP contribution in [0.25, 0.3) is 22.0 Å². The van der Waals surface area contributed by atoms with E-state index < -0.39 is 0 Å². The summed E-state index contributed by atoms with van der Waals surface area (Å²) < 4.78 is 2.42. The standard InChI is InChI=1S/C27H30N4O/c1-19-12-22(18-31(19)27(32)11-8-21-6-4-3-5-7-21)17-30-20(2)13-24-14-23(9-10-26(24)30)25-15-28-29-16-25/h3-7,9-10,13-16,19,22H,8,11-12,17-18H2,1-2H3,(H,28,29)/t19-,22-/m0/s1. The number of hydrogen-bond acceptors (Lipinski definition) is 2. The lowest BCUT2D eigenvalue weighted by molar-refractivity contribution is -0.131. The van der Waals surface area contributed by atoms with Gasteiger partial charge in [-0.15, -0.1) is 0 Å². The fourth-order valence-corrected chi connectivity index (χ4v) is 5.16. The lowest BCUT2D eigenvalue weighted by Gasteiger charge is -2.21. The quantitative estimate of drug-likeness (QED) is 0.460. The van der Waals surface area contributed by atoms with Crippen LogP contribution in [0.1, 0.15) is 31.0 Å². The van der Waals surface area contributed by atoms with Crippen molar-refractivity contribution in [3.63, 3.8) is 0 Å². The molecule has 3 heterocycles. The van der Waals surface area contributed by atoms with Crippen LogP contribution < -0.4 is 0 Å². The zero-order valence-electron chi connectivity index (χ0n) is 18.8. The molecular formula is C27H30N4O. The van der Waals surface area contributed by atoms with Crippen LogP contribution in [0.2, 0.25) is 0 Å². The van der Waals surface area contributed by atoms with Crippen molar-refractivity contribution in [1.82, 2.24) is 19.7 Å². The molecule has 32 heavy (non-hydrogen) atoms. The van der Waals surface area contributed by atoms with Crippen LogP contribution in [-0.4, -0.2) is 38.2 Å². The van der Waals surface area contributed by atoms with E-state index >= 15 is 0 Å². The summed E-state index contributed by atoms with van der Waals surface area (Å²) in [6.45, 7) is 6.17. The molecule has 5 heteroatoms. The van der Waals surface area contributed by atoms with Crippen molar-refractivity contribution in [3.05, 3.63) is 78.2 Å². The van der Waals surface area contributed by atoms with Gasteiger partial charge in [-0.1, -0.05) is 36.4 Å². The third-order valence-corrected chi connectivity index (χ3v) is 6.83. The van der Waals surface area contributed by atoms with Gasteiger partial charge in [-0.25, -0.2) is 0 Å². The van der Waals surface area contributed by atoms with Gasteiger partial charge in [0, 0.05) is 53.9 Å². The maximum absolute atomic E-state index is 12.9. The van der Waals surface area contributed by atoms with Gasteiger partial charge in [0.05, 0.1) is 6.20 Å². The summed E-state index contributed by atoms with van der Waals surface area (Å²) in [5, 5.41) is 8.21. The Balaban J connectivity index is 1.27. The lowest BCUT2D eigenvalue weighted by atomic mass is 10.1.